The number of nitrogens with one attached hydrogen (secondary N) is 1. The number of aromatic nitrogens is 2. The highest BCUT2D eigenvalue weighted by atomic mass is 16.4. The molecule has 1 N–H and O–H groups in total. The van der Waals surface area contributed by atoms with Crippen molar-refractivity contribution in [2.45, 2.75) is 6.92 Å². The molecule has 0 spiro atoms. The maximum atomic E-state index is 12.4. The van der Waals surface area contributed by atoms with Crippen LogP contribution in [0.25, 0.3) is 22.9 Å². The zero-order chi connectivity index (χ0) is 18.6. The molecule has 27 heavy (non-hydrogen) atoms. The SMILES string of the molecule is Cc1cccc(NC(=O)c2ccc(-c3nnc(-c4ccccc4)o3)cc2)c1. The van der Waals surface area contributed by atoms with Crippen molar-refractivity contribution < 1.29 is 9.21 Å². The minimum absolute atomic E-state index is 0.164. The summed E-state index contributed by atoms with van der Waals surface area (Å²) < 4.78 is 5.74. The second kappa shape index (κ2) is 7.25. The van der Waals surface area contributed by atoms with Crippen LogP contribution < -0.4 is 5.32 Å². The highest BCUT2D eigenvalue weighted by Crippen LogP contribution is 2.24. The number of hydrogen-bond acceptors (Lipinski definition) is 4. The van der Waals surface area contributed by atoms with E-state index in [9.17, 15) is 4.79 Å². The molecule has 1 amide bonds. The van der Waals surface area contributed by atoms with Crippen molar-refractivity contribution in [1.82, 2.24) is 10.2 Å². The Hall–Kier alpha value is -3.73. The van der Waals surface area contributed by atoms with Gasteiger partial charge in [-0.1, -0.05) is 30.3 Å². The standard InChI is InChI=1S/C22H17N3O2/c1-15-6-5-9-19(14-15)23-20(26)16-10-12-18(13-11-16)22-25-24-21(27-22)17-7-3-2-4-8-17/h2-14H,1H3,(H,23,26). The monoisotopic (exact) mass is 355 g/mol. The van der Waals surface area contributed by atoms with E-state index in [4.69, 9.17) is 4.42 Å². The van der Waals surface area contributed by atoms with Crippen molar-refractivity contribution in [1.29, 1.82) is 0 Å². The van der Waals surface area contributed by atoms with Crippen LogP contribution >= 0.6 is 0 Å². The van der Waals surface area contributed by atoms with E-state index in [1.54, 1.807) is 24.3 Å². The van der Waals surface area contributed by atoms with E-state index >= 15 is 0 Å². The Bertz CT molecular complexity index is 1070. The Labute approximate surface area is 156 Å². The van der Waals surface area contributed by atoms with Crippen molar-refractivity contribution in [3.8, 4) is 22.9 Å². The largest absolute Gasteiger partial charge is 0.416 e. The lowest BCUT2D eigenvalue weighted by atomic mass is 10.1. The summed E-state index contributed by atoms with van der Waals surface area (Å²) in [6, 6.07) is 24.4. The van der Waals surface area contributed by atoms with Crippen LogP contribution in [-0.2, 0) is 0 Å². The van der Waals surface area contributed by atoms with Crippen LogP contribution in [0.3, 0.4) is 0 Å². The fourth-order valence-corrected chi connectivity index (χ4v) is 2.73. The lowest BCUT2D eigenvalue weighted by molar-refractivity contribution is 0.102. The van der Waals surface area contributed by atoms with Crippen LogP contribution in [-0.4, -0.2) is 16.1 Å². The second-order valence-electron chi connectivity index (χ2n) is 6.18. The average Bonchev–Trinajstić information content (AvgIpc) is 3.19. The molecule has 0 atom stereocenters. The van der Waals surface area contributed by atoms with Crippen LogP contribution in [0.2, 0.25) is 0 Å². The van der Waals surface area contributed by atoms with E-state index in [0.29, 0.717) is 17.3 Å². The van der Waals surface area contributed by atoms with Gasteiger partial charge in [-0.3, -0.25) is 4.79 Å². The highest BCUT2D eigenvalue weighted by Gasteiger charge is 2.12. The highest BCUT2D eigenvalue weighted by molar-refractivity contribution is 6.04. The van der Waals surface area contributed by atoms with Crippen LogP contribution in [0.15, 0.2) is 83.3 Å². The van der Waals surface area contributed by atoms with Gasteiger partial charge in [-0.05, 0) is 61.0 Å². The van der Waals surface area contributed by atoms with Crippen molar-refractivity contribution in [3.63, 3.8) is 0 Å². The fourth-order valence-electron chi connectivity index (χ4n) is 2.73. The number of carbonyl (C=O) groups excluding carboxylic acids is 1. The lowest BCUT2D eigenvalue weighted by Crippen LogP contribution is -2.11. The van der Waals surface area contributed by atoms with E-state index in [1.165, 1.54) is 0 Å². The van der Waals surface area contributed by atoms with Crippen molar-refractivity contribution in [2.24, 2.45) is 0 Å². The summed E-state index contributed by atoms with van der Waals surface area (Å²) in [6.07, 6.45) is 0. The van der Waals surface area contributed by atoms with Gasteiger partial charge in [-0.15, -0.1) is 10.2 Å². The number of amides is 1. The summed E-state index contributed by atoms with van der Waals surface area (Å²) in [5.74, 6) is 0.717. The number of hydrogen-bond donors (Lipinski definition) is 1. The number of carbonyl (C=O) groups is 1. The first-order valence-electron chi connectivity index (χ1n) is 8.56. The molecule has 5 heteroatoms. The molecule has 132 valence electrons. The average molecular weight is 355 g/mol. The van der Waals surface area contributed by atoms with E-state index < -0.39 is 0 Å². The molecule has 0 radical (unpaired) electrons. The van der Waals surface area contributed by atoms with Gasteiger partial charge in [-0.25, -0.2) is 0 Å². The number of rotatable bonds is 4. The van der Waals surface area contributed by atoms with Crippen LogP contribution in [0.5, 0.6) is 0 Å². The van der Waals surface area contributed by atoms with E-state index in [-0.39, 0.29) is 5.91 Å². The third-order valence-electron chi connectivity index (χ3n) is 4.12. The normalized spacial score (nSPS) is 10.6. The van der Waals surface area contributed by atoms with Crippen molar-refractivity contribution in [2.75, 3.05) is 5.32 Å². The van der Waals surface area contributed by atoms with Gasteiger partial charge in [0, 0.05) is 22.4 Å². The van der Waals surface area contributed by atoms with Crippen LogP contribution in [0.1, 0.15) is 15.9 Å². The molecule has 5 nitrogen and oxygen atoms in total. The van der Waals surface area contributed by atoms with Crippen molar-refractivity contribution in [3.05, 3.63) is 90.0 Å². The molecular formula is C22H17N3O2. The Morgan fingerprint density at radius 3 is 2.15 bits per heavy atom. The summed E-state index contributed by atoms with van der Waals surface area (Å²) in [5.41, 5.74) is 4.05. The number of benzene rings is 3. The molecule has 4 rings (SSSR count). The van der Waals surface area contributed by atoms with E-state index in [2.05, 4.69) is 15.5 Å². The summed E-state index contributed by atoms with van der Waals surface area (Å²) >= 11 is 0. The molecule has 0 saturated carbocycles. The maximum absolute atomic E-state index is 12.4. The minimum Gasteiger partial charge on any atom is -0.416 e. The first-order valence-corrected chi connectivity index (χ1v) is 8.56. The zero-order valence-electron chi connectivity index (χ0n) is 14.7. The zero-order valence-corrected chi connectivity index (χ0v) is 14.7. The van der Waals surface area contributed by atoms with E-state index in [0.717, 1.165) is 22.4 Å². The molecular weight excluding hydrogens is 338 g/mol. The summed E-state index contributed by atoms with van der Waals surface area (Å²) in [6.45, 7) is 1.98. The molecule has 4 aromatic rings. The molecule has 0 saturated heterocycles. The van der Waals surface area contributed by atoms with Gasteiger partial charge in [-0.2, -0.15) is 0 Å². The number of aryl methyl sites for hydroxylation is 1. The third kappa shape index (κ3) is 3.77. The van der Waals surface area contributed by atoms with Gasteiger partial charge >= 0.3 is 0 Å². The van der Waals surface area contributed by atoms with Gasteiger partial charge in [0.2, 0.25) is 11.8 Å². The quantitative estimate of drug-likeness (QED) is 0.561. The molecule has 0 bridgehead atoms. The predicted octanol–water partition coefficient (Wildman–Crippen LogP) is 4.96. The molecule has 0 unspecified atom stereocenters. The third-order valence-corrected chi connectivity index (χ3v) is 4.12. The molecule has 0 fully saturated rings. The number of anilines is 1. The molecule has 0 aliphatic heterocycles. The van der Waals surface area contributed by atoms with Gasteiger partial charge in [0.05, 0.1) is 0 Å². The summed E-state index contributed by atoms with van der Waals surface area (Å²) in [4.78, 5) is 12.4. The van der Waals surface area contributed by atoms with Crippen molar-refractivity contribution >= 4 is 11.6 Å². The second-order valence-corrected chi connectivity index (χ2v) is 6.18. The first-order chi connectivity index (χ1) is 13.2. The van der Waals surface area contributed by atoms with E-state index in [1.807, 2.05) is 61.5 Å². The van der Waals surface area contributed by atoms with Gasteiger partial charge in [0.1, 0.15) is 0 Å². The first kappa shape index (κ1) is 16.7. The smallest absolute Gasteiger partial charge is 0.255 e. The minimum atomic E-state index is -0.164. The van der Waals surface area contributed by atoms with Crippen LogP contribution in [0, 0.1) is 6.92 Å². The molecule has 0 aliphatic rings. The summed E-state index contributed by atoms with van der Waals surface area (Å²) in [5, 5.41) is 11.1. The molecule has 1 heterocycles. The number of nitrogens with zero attached hydrogens (tertiary/aromatic N) is 2. The Balaban J connectivity index is 1.51. The Kier molecular flexibility index (Phi) is 4.49. The van der Waals surface area contributed by atoms with Gasteiger partial charge in [0.25, 0.3) is 5.91 Å². The Morgan fingerprint density at radius 2 is 1.48 bits per heavy atom. The molecule has 1 aromatic heterocycles. The van der Waals surface area contributed by atoms with Crippen LogP contribution in [0.4, 0.5) is 5.69 Å². The lowest BCUT2D eigenvalue weighted by Gasteiger charge is -2.06. The van der Waals surface area contributed by atoms with Gasteiger partial charge in [0.15, 0.2) is 0 Å². The van der Waals surface area contributed by atoms with Gasteiger partial charge < -0.3 is 9.73 Å². The fraction of sp³-hybridized carbons (Fsp3) is 0.0455. The topological polar surface area (TPSA) is 68.0 Å². The summed E-state index contributed by atoms with van der Waals surface area (Å²) in [7, 11) is 0. The predicted molar refractivity (Wildman–Crippen MR) is 104 cm³/mol. The molecule has 0 aliphatic carbocycles. The maximum Gasteiger partial charge on any atom is 0.255 e. The molecule has 3 aromatic carbocycles. The Morgan fingerprint density at radius 1 is 0.815 bits per heavy atom.